The van der Waals surface area contributed by atoms with Crippen LogP contribution in [0.3, 0.4) is 0 Å². The second-order valence-corrected chi connectivity index (χ2v) is 8.90. The zero-order chi connectivity index (χ0) is 23.2. The number of halogens is 1. The summed E-state index contributed by atoms with van der Waals surface area (Å²) in [5.74, 6) is 0.487. The van der Waals surface area contributed by atoms with Crippen LogP contribution in [0.5, 0.6) is 5.75 Å². The van der Waals surface area contributed by atoms with Crippen LogP contribution in [0.25, 0.3) is 0 Å². The molecule has 172 valence electrons. The number of piperazine rings is 1. The third-order valence-electron chi connectivity index (χ3n) is 6.27. The van der Waals surface area contributed by atoms with Gasteiger partial charge < -0.3 is 9.64 Å². The molecule has 2 unspecified atom stereocenters. The number of carbonyl (C=O) groups excluding carboxylic acids is 1. The number of rotatable bonds is 7. The Morgan fingerprint density at radius 2 is 1.48 bits per heavy atom. The minimum Gasteiger partial charge on any atom is -0.484 e. The summed E-state index contributed by atoms with van der Waals surface area (Å²) in [6, 6.07) is 25.2. The van der Waals surface area contributed by atoms with E-state index in [4.69, 9.17) is 4.74 Å². The summed E-state index contributed by atoms with van der Waals surface area (Å²) in [7, 11) is 0. The summed E-state index contributed by atoms with van der Waals surface area (Å²) < 4.78 is 19.0. The zero-order valence-corrected chi connectivity index (χ0v) is 19.3. The number of hydrogen-bond donors (Lipinski definition) is 0. The van der Waals surface area contributed by atoms with Gasteiger partial charge in [0.2, 0.25) is 0 Å². The number of ether oxygens (including phenoxy) is 1. The van der Waals surface area contributed by atoms with Gasteiger partial charge in [0.05, 0.1) is 0 Å². The van der Waals surface area contributed by atoms with Gasteiger partial charge in [0.25, 0.3) is 5.91 Å². The van der Waals surface area contributed by atoms with Gasteiger partial charge in [-0.25, -0.2) is 4.39 Å². The van der Waals surface area contributed by atoms with E-state index in [1.807, 2.05) is 59.5 Å². The van der Waals surface area contributed by atoms with Crippen molar-refractivity contribution in [2.24, 2.45) is 0 Å². The number of hydrogen-bond acceptors (Lipinski definition) is 3. The van der Waals surface area contributed by atoms with Gasteiger partial charge >= 0.3 is 0 Å². The molecule has 0 bridgehead atoms. The fourth-order valence-electron chi connectivity index (χ4n) is 4.35. The van der Waals surface area contributed by atoms with E-state index in [0.717, 1.165) is 25.1 Å². The highest BCUT2D eigenvalue weighted by Gasteiger charge is 2.32. The SMILES string of the molecule is CC1CN(C(=O)COc2ccc(Cc3ccccc3)cc2)C(C)CN1Cc1ccc(F)cc1. The number of benzene rings is 3. The molecule has 33 heavy (non-hydrogen) atoms. The van der Waals surface area contributed by atoms with Crippen molar-refractivity contribution in [1.29, 1.82) is 0 Å². The molecule has 1 amide bonds. The predicted molar refractivity (Wildman–Crippen MR) is 129 cm³/mol. The van der Waals surface area contributed by atoms with E-state index >= 15 is 0 Å². The van der Waals surface area contributed by atoms with E-state index < -0.39 is 0 Å². The van der Waals surface area contributed by atoms with E-state index in [0.29, 0.717) is 12.3 Å². The lowest BCUT2D eigenvalue weighted by Crippen LogP contribution is -2.58. The van der Waals surface area contributed by atoms with Crippen LogP contribution in [0, 0.1) is 5.82 Å². The largest absolute Gasteiger partial charge is 0.484 e. The molecule has 3 aromatic rings. The molecule has 0 spiro atoms. The first kappa shape index (κ1) is 23.0. The van der Waals surface area contributed by atoms with Crippen LogP contribution in [-0.4, -0.2) is 47.5 Å². The Bertz CT molecular complexity index is 1040. The minimum atomic E-state index is -0.221. The summed E-state index contributed by atoms with van der Waals surface area (Å²) >= 11 is 0. The molecule has 5 heteroatoms. The van der Waals surface area contributed by atoms with Crippen molar-refractivity contribution in [2.75, 3.05) is 19.7 Å². The molecule has 1 saturated heterocycles. The molecule has 2 atom stereocenters. The third kappa shape index (κ3) is 6.20. The summed E-state index contributed by atoms with van der Waals surface area (Å²) in [5.41, 5.74) is 3.55. The van der Waals surface area contributed by atoms with Gasteiger partial charge in [-0.1, -0.05) is 54.6 Å². The van der Waals surface area contributed by atoms with Gasteiger partial charge in [0, 0.05) is 31.7 Å². The van der Waals surface area contributed by atoms with Crippen LogP contribution in [0.2, 0.25) is 0 Å². The maximum Gasteiger partial charge on any atom is 0.260 e. The standard InChI is InChI=1S/C28H31FN2O2/c1-21-18-31(22(2)17-30(21)19-25-8-12-26(29)13-9-25)28(32)20-33-27-14-10-24(11-15-27)16-23-6-4-3-5-7-23/h3-15,21-22H,16-20H2,1-2H3. The maximum atomic E-state index is 13.2. The zero-order valence-electron chi connectivity index (χ0n) is 19.3. The van der Waals surface area contributed by atoms with Crippen molar-refractivity contribution in [3.8, 4) is 5.75 Å². The van der Waals surface area contributed by atoms with Crippen molar-refractivity contribution in [1.82, 2.24) is 9.80 Å². The normalized spacial score (nSPS) is 18.8. The summed E-state index contributed by atoms with van der Waals surface area (Å²) in [4.78, 5) is 17.1. The lowest BCUT2D eigenvalue weighted by Gasteiger charge is -2.44. The first-order valence-electron chi connectivity index (χ1n) is 11.5. The van der Waals surface area contributed by atoms with Crippen LogP contribution >= 0.6 is 0 Å². The molecule has 1 aliphatic rings. The molecule has 3 aromatic carbocycles. The highest BCUT2D eigenvalue weighted by atomic mass is 19.1. The summed E-state index contributed by atoms with van der Waals surface area (Å²) in [5, 5.41) is 0. The second kappa shape index (κ2) is 10.6. The Labute approximate surface area is 195 Å². The first-order valence-corrected chi connectivity index (χ1v) is 11.5. The molecule has 4 nitrogen and oxygen atoms in total. The van der Waals surface area contributed by atoms with E-state index in [2.05, 4.69) is 30.9 Å². The topological polar surface area (TPSA) is 32.8 Å². The molecule has 1 aliphatic heterocycles. The van der Waals surface area contributed by atoms with Gasteiger partial charge in [-0.3, -0.25) is 9.69 Å². The van der Waals surface area contributed by atoms with E-state index in [1.165, 1.54) is 23.3 Å². The number of nitrogens with zero attached hydrogens (tertiary/aromatic N) is 2. The summed E-state index contributed by atoms with van der Waals surface area (Å²) in [6.45, 7) is 6.41. The molecule has 0 aliphatic carbocycles. The lowest BCUT2D eigenvalue weighted by atomic mass is 10.1. The number of carbonyl (C=O) groups is 1. The fourth-order valence-corrected chi connectivity index (χ4v) is 4.35. The van der Waals surface area contributed by atoms with Crippen LogP contribution in [-0.2, 0) is 17.8 Å². The smallest absolute Gasteiger partial charge is 0.260 e. The summed E-state index contributed by atoms with van der Waals surface area (Å²) in [6.07, 6.45) is 0.873. The van der Waals surface area contributed by atoms with Gasteiger partial charge in [0.1, 0.15) is 11.6 Å². The fraction of sp³-hybridized carbons (Fsp3) is 0.321. The van der Waals surface area contributed by atoms with Gasteiger partial charge in [0.15, 0.2) is 6.61 Å². The minimum absolute atomic E-state index is 0.00384. The Morgan fingerprint density at radius 1 is 0.848 bits per heavy atom. The molecule has 1 heterocycles. The molecular weight excluding hydrogens is 415 g/mol. The van der Waals surface area contributed by atoms with Crippen molar-refractivity contribution >= 4 is 5.91 Å². The van der Waals surface area contributed by atoms with E-state index in [9.17, 15) is 9.18 Å². The van der Waals surface area contributed by atoms with Crippen molar-refractivity contribution in [3.05, 3.63) is 101 Å². The monoisotopic (exact) mass is 446 g/mol. The van der Waals surface area contributed by atoms with E-state index in [1.54, 1.807) is 0 Å². The number of amides is 1. The Hall–Kier alpha value is -3.18. The van der Waals surface area contributed by atoms with Crippen LogP contribution in [0.4, 0.5) is 4.39 Å². The van der Waals surface area contributed by atoms with Crippen LogP contribution < -0.4 is 4.74 Å². The van der Waals surface area contributed by atoms with Crippen molar-refractivity contribution in [3.63, 3.8) is 0 Å². The second-order valence-electron chi connectivity index (χ2n) is 8.90. The molecule has 0 N–H and O–H groups in total. The van der Waals surface area contributed by atoms with Crippen molar-refractivity contribution in [2.45, 2.75) is 38.9 Å². The Balaban J connectivity index is 1.27. The van der Waals surface area contributed by atoms with Gasteiger partial charge in [-0.15, -0.1) is 0 Å². The van der Waals surface area contributed by atoms with Gasteiger partial charge in [-0.2, -0.15) is 0 Å². The highest BCUT2D eigenvalue weighted by Crippen LogP contribution is 2.20. The molecule has 0 saturated carbocycles. The van der Waals surface area contributed by atoms with Crippen LogP contribution in [0.15, 0.2) is 78.9 Å². The molecular formula is C28H31FN2O2. The van der Waals surface area contributed by atoms with Crippen LogP contribution in [0.1, 0.15) is 30.5 Å². The molecule has 0 radical (unpaired) electrons. The third-order valence-corrected chi connectivity index (χ3v) is 6.27. The molecule has 1 fully saturated rings. The quantitative estimate of drug-likeness (QED) is 0.517. The van der Waals surface area contributed by atoms with Gasteiger partial charge in [-0.05, 0) is 61.2 Å². The lowest BCUT2D eigenvalue weighted by molar-refractivity contribution is -0.139. The predicted octanol–water partition coefficient (Wildman–Crippen LogP) is 4.92. The Kier molecular flexibility index (Phi) is 7.40. The molecule has 4 rings (SSSR count). The first-order chi connectivity index (χ1) is 16.0. The van der Waals surface area contributed by atoms with E-state index in [-0.39, 0.29) is 30.4 Å². The molecule has 0 aromatic heterocycles. The average molecular weight is 447 g/mol. The Morgan fingerprint density at radius 3 is 2.18 bits per heavy atom. The average Bonchev–Trinajstić information content (AvgIpc) is 2.82. The maximum absolute atomic E-state index is 13.2. The van der Waals surface area contributed by atoms with Crippen molar-refractivity contribution < 1.29 is 13.9 Å². The highest BCUT2D eigenvalue weighted by molar-refractivity contribution is 5.78.